The molecule has 2 atom stereocenters. The lowest BCUT2D eigenvalue weighted by Crippen LogP contribution is -2.42. The van der Waals surface area contributed by atoms with Gasteiger partial charge in [0, 0.05) is 41.7 Å². The van der Waals surface area contributed by atoms with Crippen molar-refractivity contribution in [3.63, 3.8) is 0 Å². The Morgan fingerprint density at radius 1 is 1.11 bits per heavy atom. The number of thioether (sulfide) groups is 1. The molecule has 1 aliphatic rings. The van der Waals surface area contributed by atoms with Gasteiger partial charge in [-0.1, -0.05) is 6.07 Å². The van der Waals surface area contributed by atoms with Crippen molar-refractivity contribution in [2.24, 2.45) is 11.8 Å². The molecule has 1 N–H and O–H groups in total. The lowest BCUT2D eigenvalue weighted by molar-refractivity contribution is -0.139. The molecule has 1 fully saturated rings. The third-order valence-corrected chi connectivity index (χ3v) is 8.16. The van der Waals surface area contributed by atoms with Gasteiger partial charge in [-0.25, -0.2) is 0 Å². The van der Waals surface area contributed by atoms with Gasteiger partial charge in [0.1, 0.15) is 11.5 Å². The van der Waals surface area contributed by atoms with Crippen LogP contribution in [0.1, 0.15) is 31.2 Å². The highest BCUT2D eigenvalue weighted by atomic mass is 32.2. The summed E-state index contributed by atoms with van der Waals surface area (Å²) in [5, 5.41) is 10.7. The number of nitrogens with zero attached hydrogens (tertiary/aromatic N) is 2. The zero-order valence-electron chi connectivity index (χ0n) is 21.2. The SMILES string of the molecule is COc1cccc(SCCN2CC[C@@H](CCCc3ccnc4ccc(OC)cc34)[C@@H](CC(=O)O)C2)c1. The summed E-state index contributed by atoms with van der Waals surface area (Å²) in [4.78, 5) is 19.8. The van der Waals surface area contributed by atoms with Gasteiger partial charge in [-0.3, -0.25) is 9.78 Å². The fourth-order valence-corrected chi connectivity index (χ4v) is 6.22. The van der Waals surface area contributed by atoms with Crippen LogP contribution in [0.2, 0.25) is 0 Å². The lowest BCUT2D eigenvalue weighted by atomic mass is 9.80. The van der Waals surface area contributed by atoms with Crippen LogP contribution in [0.25, 0.3) is 10.9 Å². The normalized spacial score (nSPS) is 18.3. The van der Waals surface area contributed by atoms with Gasteiger partial charge >= 0.3 is 5.97 Å². The van der Waals surface area contributed by atoms with Crippen molar-refractivity contribution in [2.45, 2.75) is 37.0 Å². The molecule has 0 spiro atoms. The molecule has 4 rings (SSSR count). The monoisotopic (exact) mass is 508 g/mol. The van der Waals surface area contributed by atoms with Crippen molar-refractivity contribution >= 4 is 28.6 Å². The van der Waals surface area contributed by atoms with Gasteiger partial charge < -0.3 is 19.5 Å². The topological polar surface area (TPSA) is 71.9 Å². The van der Waals surface area contributed by atoms with Crippen LogP contribution in [0.5, 0.6) is 11.5 Å². The van der Waals surface area contributed by atoms with E-state index in [1.807, 2.05) is 42.2 Å². The summed E-state index contributed by atoms with van der Waals surface area (Å²) in [6.07, 6.45) is 6.25. The summed E-state index contributed by atoms with van der Waals surface area (Å²) in [7, 11) is 3.37. The average molecular weight is 509 g/mol. The fourth-order valence-electron chi connectivity index (χ4n) is 5.26. The molecule has 6 nitrogen and oxygen atoms in total. The van der Waals surface area contributed by atoms with E-state index in [1.165, 1.54) is 10.5 Å². The summed E-state index contributed by atoms with van der Waals surface area (Å²) in [6.45, 7) is 2.87. The number of pyridine rings is 1. The van der Waals surface area contributed by atoms with E-state index < -0.39 is 5.97 Å². The first-order chi connectivity index (χ1) is 17.6. The molecule has 192 valence electrons. The van der Waals surface area contributed by atoms with E-state index in [1.54, 1.807) is 14.2 Å². The predicted molar refractivity (Wildman–Crippen MR) is 145 cm³/mol. The Morgan fingerprint density at radius 3 is 2.75 bits per heavy atom. The largest absolute Gasteiger partial charge is 0.497 e. The molecule has 0 saturated carbocycles. The summed E-state index contributed by atoms with van der Waals surface area (Å²) in [5.41, 5.74) is 2.26. The van der Waals surface area contributed by atoms with Crippen molar-refractivity contribution in [1.82, 2.24) is 9.88 Å². The zero-order valence-corrected chi connectivity index (χ0v) is 22.0. The van der Waals surface area contributed by atoms with Gasteiger partial charge in [0.2, 0.25) is 0 Å². The fraction of sp³-hybridized carbons (Fsp3) is 0.448. The van der Waals surface area contributed by atoms with Crippen LogP contribution in [0, 0.1) is 11.8 Å². The maximum Gasteiger partial charge on any atom is 0.303 e. The Labute approximate surface area is 218 Å². The number of carboxylic acids is 1. The van der Waals surface area contributed by atoms with Crippen LogP contribution in [0.4, 0.5) is 0 Å². The Kier molecular flexibility index (Phi) is 9.47. The first-order valence-corrected chi connectivity index (χ1v) is 13.7. The standard InChI is InChI=1S/C29H36N2O4S/c1-34-24-7-4-8-26(18-24)36-16-15-31-14-12-21(23(20-31)17-29(32)33)5-3-6-22-11-13-30-28-10-9-25(35-2)19-27(22)28/h4,7-11,13,18-19,21,23H,3,5-6,12,14-17,20H2,1-2H3,(H,32,33)/t21-,23+/m1/s1. The number of fused-ring (bicyclic) bond motifs is 1. The molecule has 0 aliphatic carbocycles. The smallest absolute Gasteiger partial charge is 0.303 e. The Hall–Kier alpha value is -2.77. The molecule has 3 aromatic rings. The average Bonchev–Trinajstić information content (AvgIpc) is 2.89. The lowest BCUT2D eigenvalue weighted by Gasteiger charge is -2.38. The van der Waals surface area contributed by atoms with Gasteiger partial charge in [-0.05, 0) is 92.1 Å². The molecular formula is C29H36N2O4S. The van der Waals surface area contributed by atoms with Crippen LogP contribution in [0.3, 0.4) is 0 Å². The second-order valence-electron chi connectivity index (χ2n) is 9.48. The molecule has 2 aromatic carbocycles. The van der Waals surface area contributed by atoms with E-state index in [0.717, 1.165) is 73.5 Å². The van der Waals surface area contributed by atoms with Gasteiger partial charge in [0.15, 0.2) is 0 Å². The molecule has 0 radical (unpaired) electrons. The van der Waals surface area contributed by atoms with Crippen molar-refractivity contribution in [2.75, 3.05) is 39.6 Å². The van der Waals surface area contributed by atoms with Gasteiger partial charge in [0.25, 0.3) is 0 Å². The molecule has 7 heteroatoms. The number of piperidine rings is 1. The minimum absolute atomic E-state index is 0.201. The maximum atomic E-state index is 11.6. The van der Waals surface area contributed by atoms with Crippen LogP contribution < -0.4 is 9.47 Å². The number of aliphatic carboxylic acids is 1. The Balaban J connectivity index is 1.30. The van der Waals surface area contributed by atoms with Crippen molar-refractivity contribution in [3.8, 4) is 11.5 Å². The van der Waals surface area contributed by atoms with Crippen LogP contribution in [0.15, 0.2) is 59.6 Å². The minimum atomic E-state index is -0.690. The minimum Gasteiger partial charge on any atom is -0.497 e. The number of ether oxygens (including phenoxy) is 2. The van der Waals surface area contributed by atoms with Gasteiger partial charge in [0.05, 0.1) is 19.7 Å². The first-order valence-electron chi connectivity index (χ1n) is 12.7. The highest BCUT2D eigenvalue weighted by Crippen LogP contribution is 2.32. The number of likely N-dealkylation sites (tertiary alicyclic amines) is 1. The second kappa shape index (κ2) is 13.0. The van der Waals surface area contributed by atoms with Crippen molar-refractivity contribution in [1.29, 1.82) is 0 Å². The number of hydrogen-bond acceptors (Lipinski definition) is 6. The summed E-state index contributed by atoms with van der Waals surface area (Å²) < 4.78 is 10.7. The summed E-state index contributed by atoms with van der Waals surface area (Å²) >= 11 is 1.82. The third-order valence-electron chi connectivity index (χ3n) is 7.19. The molecule has 2 heterocycles. The number of rotatable bonds is 12. The van der Waals surface area contributed by atoms with E-state index in [0.29, 0.717) is 5.92 Å². The maximum absolute atomic E-state index is 11.6. The van der Waals surface area contributed by atoms with Crippen LogP contribution in [-0.2, 0) is 11.2 Å². The van der Waals surface area contributed by atoms with Gasteiger partial charge in [-0.15, -0.1) is 11.8 Å². The zero-order chi connectivity index (χ0) is 25.3. The van der Waals surface area contributed by atoms with Crippen LogP contribution >= 0.6 is 11.8 Å². The molecule has 36 heavy (non-hydrogen) atoms. The highest BCUT2D eigenvalue weighted by Gasteiger charge is 2.30. The number of aryl methyl sites for hydroxylation is 1. The number of carbonyl (C=O) groups is 1. The molecule has 0 amide bonds. The second-order valence-corrected chi connectivity index (χ2v) is 10.6. The summed E-state index contributed by atoms with van der Waals surface area (Å²) in [6, 6.07) is 16.2. The predicted octanol–water partition coefficient (Wildman–Crippen LogP) is 5.78. The van der Waals surface area contributed by atoms with E-state index >= 15 is 0 Å². The van der Waals surface area contributed by atoms with E-state index in [-0.39, 0.29) is 12.3 Å². The third kappa shape index (κ3) is 7.14. The summed E-state index contributed by atoms with van der Waals surface area (Å²) in [5.74, 6) is 2.66. The number of carboxylic acid groups (broad SMARTS) is 1. The molecular weight excluding hydrogens is 472 g/mol. The van der Waals surface area contributed by atoms with Crippen LogP contribution in [-0.4, -0.2) is 60.6 Å². The Bertz CT molecular complexity index is 1160. The highest BCUT2D eigenvalue weighted by molar-refractivity contribution is 7.99. The Morgan fingerprint density at radius 2 is 1.94 bits per heavy atom. The van der Waals surface area contributed by atoms with Crippen molar-refractivity contribution < 1.29 is 19.4 Å². The number of benzene rings is 2. The molecule has 1 saturated heterocycles. The number of methoxy groups -OCH3 is 2. The van der Waals surface area contributed by atoms with E-state index in [9.17, 15) is 9.90 Å². The molecule has 1 aromatic heterocycles. The first kappa shape index (κ1) is 26.3. The number of hydrogen-bond donors (Lipinski definition) is 1. The quantitative estimate of drug-likeness (QED) is 0.311. The molecule has 0 bridgehead atoms. The van der Waals surface area contributed by atoms with Gasteiger partial charge in [-0.2, -0.15) is 0 Å². The van der Waals surface area contributed by atoms with E-state index in [2.05, 4.69) is 34.1 Å². The van der Waals surface area contributed by atoms with E-state index in [4.69, 9.17) is 9.47 Å². The molecule has 1 aliphatic heterocycles. The molecule has 0 unspecified atom stereocenters. The number of aromatic nitrogens is 1. The van der Waals surface area contributed by atoms with Crippen molar-refractivity contribution in [3.05, 3.63) is 60.3 Å².